The summed E-state index contributed by atoms with van der Waals surface area (Å²) in [6.07, 6.45) is 3.18. The topological polar surface area (TPSA) is 147 Å². The average molecular weight is 621 g/mol. The maximum atomic E-state index is 14.0. The highest BCUT2D eigenvalue weighted by Gasteiger charge is 2.33. The fourth-order valence-corrected chi connectivity index (χ4v) is 5.41. The fourth-order valence-electron chi connectivity index (χ4n) is 5.41. The first kappa shape index (κ1) is 32.1. The zero-order valence-corrected chi connectivity index (χ0v) is 25.5. The number of anilines is 1. The number of amides is 2. The number of aryl methyl sites for hydroxylation is 1. The SMILES string of the molecule is COC(=O)N[C@H](C(=O)Nc1cncnc1CC[C@@H]1CNC[C@@H](COc2ccc(C#N)cc2)O1)C(c1ccccc1)c1ccccc1. The normalized spacial score (nSPS) is 16.5. The highest BCUT2D eigenvalue weighted by molar-refractivity contribution is 5.98. The van der Waals surface area contributed by atoms with Gasteiger partial charge in [-0.2, -0.15) is 5.26 Å². The summed E-state index contributed by atoms with van der Waals surface area (Å²) in [4.78, 5) is 35.1. The van der Waals surface area contributed by atoms with Gasteiger partial charge in [-0.1, -0.05) is 60.7 Å². The van der Waals surface area contributed by atoms with Gasteiger partial charge in [-0.05, 0) is 48.2 Å². The van der Waals surface area contributed by atoms with Gasteiger partial charge in [0.25, 0.3) is 0 Å². The highest BCUT2D eigenvalue weighted by atomic mass is 16.5. The summed E-state index contributed by atoms with van der Waals surface area (Å²) < 4.78 is 17.1. The number of hydrogen-bond donors (Lipinski definition) is 3. The molecule has 3 aromatic carbocycles. The van der Waals surface area contributed by atoms with Gasteiger partial charge >= 0.3 is 6.09 Å². The van der Waals surface area contributed by atoms with Crippen LogP contribution in [0.5, 0.6) is 5.75 Å². The number of rotatable bonds is 12. The zero-order chi connectivity index (χ0) is 32.1. The standard InChI is InChI=1S/C35H36N6O5/c1-44-35(43)41-33(32(25-8-4-2-5-9-25)26-10-6-3-7-11-26)34(42)40-31-21-38-23-39-30(31)17-16-28-19-37-20-29(46-28)22-45-27-14-12-24(18-36)13-15-27/h2-15,21,23,28-29,32-33,37H,16-17,19-20,22H2,1H3,(H,40,42)(H,41,43)/t28-,29+,33+/m1/s1. The monoisotopic (exact) mass is 620 g/mol. The molecule has 1 aromatic heterocycles. The number of hydrogen-bond acceptors (Lipinski definition) is 9. The molecule has 1 saturated heterocycles. The predicted molar refractivity (Wildman–Crippen MR) is 171 cm³/mol. The molecule has 3 N–H and O–H groups in total. The van der Waals surface area contributed by atoms with E-state index in [1.165, 1.54) is 13.4 Å². The molecule has 0 spiro atoms. The van der Waals surface area contributed by atoms with Gasteiger partial charge in [0.1, 0.15) is 30.8 Å². The molecule has 5 rings (SSSR count). The van der Waals surface area contributed by atoms with Crippen molar-refractivity contribution in [3.05, 3.63) is 120 Å². The van der Waals surface area contributed by atoms with Gasteiger partial charge in [-0.25, -0.2) is 14.8 Å². The lowest BCUT2D eigenvalue weighted by molar-refractivity contribution is -0.118. The van der Waals surface area contributed by atoms with Crippen LogP contribution in [0.2, 0.25) is 0 Å². The molecule has 0 aliphatic carbocycles. The van der Waals surface area contributed by atoms with Crippen LogP contribution in [-0.2, 0) is 20.7 Å². The van der Waals surface area contributed by atoms with Crippen molar-refractivity contribution in [2.24, 2.45) is 0 Å². The van der Waals surface area contributed by atoms with Gasteiger partial charge < -0.3 is 30.2 Å². The molecule has 1 aliphatic rings. The van der Waals surface area contributed by atoms with E-state index in [2.05, 4.69) is 32.0 Å². The lowest BCUT2D eigenvalue weighted by Crippen LogP contribution is -2.48. The molecular formula is C35H36N6O5. The molecule has 236 valence electrons. The Morgan fingerprint density at radius 2 is 1.67 bits per heavy atom. The van der Waals surface area contributed by atoms with E-state index in [9.17, 15) is 9.59 Å². The fraction of sp³-hybridized carbons (Fsp3) is 0.286. The van der Waals surface area contributed by atoms with Crippen LogP contribution in [0.15, 0.2) is 97.5 Å². The number of nitrogens with one attached hydrogen (secondary N) is 3. The number of carbonyl (C=O) groups excluding carboxylic acids is 2. The zero-order valence-electron chi connectivity index (χ0n) is 25.5. The average Bonchev–Trinajstić information content (AvgIpc) is 3.11. The molecule has 3 atom stereocenters. The molecule has 2 heterocycles. The molecule has 11 heteroatoms. The molecule has 0 bridgehead atoms. The second kappa shape index (κ2) is 16.1. The Kier molecular flexibility index (Phi) is 11.3. The molecule has 0 radical (unpaired) electrons. The molecule has 1 fully saturated rings. The number of aromatic nitrogens is 2. The number of ether oxygens (including phenoxy) is 3. The lowest BCUT2D eigenvalue weighted by atomic mass is 9.84. The predicted octanol–water partition coefficient (Wildman–Crippen LogP) is 4.21. The van der Waals surface area contributed by atoms with Crippen molar-refractivity contribution in [3.63, 3.8) is 0 Å². The van der Waals surface area contributed by atoms with Gasteiger partial charge in [-0.3, -0.25) is 4.79 Å². The quantitative estimate of drug-likeness (QED) is 0.212. The lowest BCUT2D eigenvalue weighted by Gasteiger charge is -2.31. The van der Waals surface area contributed by atoms with Crippen molar-refractivity contribution in [3.8, 4) is 11.8 Å². The van der Waals surface area contributed by atoms with Crippen LogP contribution in [0.25, 0.3) is 0 Å². The Hall–Kier alpha value is -5.31. The minimum absolute atomic E-state index is 0.101. The van der Waals surface area contributed by atoms with Crippen molar-refractivity contribution in [1.82, 2.24) is 20.6 Å². The molecule has 0 saturated carbocycles. The minimum atomic E-state index is -1.01. The van der Waals surface area contributed by atoms with E-state index in [0.717, 1.165) is 11.1 Å². The summed E-state index contributed by atoms with van der Waals surface area (Å²) >= 11 is 0. The maximum Gasteiger partial charge on any atom is 0.407 e. The third-order valence-electron chi connectivity index (χ3n) is 7.70. The number of methoxy groups -OCH3 is 1. The van der Waals surface area contributed by atoms with Crippen LogP contribution >= 0.6 is 0 Å². The number of nitriles is 1. The van der Waals surface area contributed by atoms with Crippen molar-refractivity contribution in [2.45, 2.75) is 37.0 Å². The number of benzene rings is 3. The van der Waals surface area contributed by atoms with Crippen LogP contribution in [0.1, 0.15) is 34.7 Å². The third-order valence-corrected chi connectivity index (χ3v) is 7.70. The summed E-state index contributed by atoms with van der Waals surface area (Å²) in [5.41, 5.74) is 3.39. The van der Waals surface area contributed by atoms with Crippen molar-refractivity contribution in [2.75, 3.05) is 32.1 Å². The minimum Gasteiger partial charge on any atom is -0.491 e. The maximum absolute atomic E-state index is 14.0. The van der Waals surface area contributed by atoms with Crippen LogP contribution in [0.3, 0.4) is 0 Å². The van der Waals surface area contributed by atoms with E-state index in [4.69, 9.17) is 19.5 Å². The van der Waals surface area contributed by atoms with Crippen LogP contribution in [-0.4, -0.2) is 67.0 Å². The molecule has 4 aromatic rings. The summed E-state index contributed by atoms with van der Waals surface area (Å²) in [5.74, 6) is -0.262. The number of carbonyl (C=O) groups is 2. The second-order valence-electron chi connectivity index (χ2n) is 10.8. The van der Waals surface area contributed by atoms with Crippen molar-refractivity contribution in [1.29, 1.82) is 5.26 Å². The first-order valence-corrected chi connectivity index (χ1v) is 15.1. The van der Waals surface area contributed by atoms with Gasteiger partial charge in [0.2, 0.25) is 5.91 Å². The van der Waals surface area contributed by atoms with E-state index in [1.807, 2.05) is 60.7 Å². The van der Waals surface area contributed by atoms with Crippen LogP contribution in [0, 0.1) is 11.3 Å². The Morgan fingerprint density at radius 1 is 1.00 bits per heavy atom. The molecular weight excluding hydrogens is 584 g/mol. The smallest absolute Gasteiger partial charge is 0.407 e. The first-order valence-electron chi connectivity index (χ1n) is 15.1. The van der Waals surface area contributed by atoms with E-state index in [0.29, 0.717) is 55.2 Å². The van der Waals surface area contributed by atoms with E-state index >= 15 is 0 Å². The Labute approximate surface area is 267 Å². The molecule has 1 aliphatic heterocycles. The second-order valence-corrected chi connectivity index (χ2v) is 10.8. The summed E-state index contributed by atoms with van der Waals surface area (Å²) in [6.45, 7) is 1.68. The Balaban J connectivity index is 1.26. The van der Waals surface area contributed by atoms with Crippen molar-refractivity contribution >= 4 is 17.7 Å². The van der Waals surface area contributed by atoms with E-state index < -0.39 is 24.0 Å². The number of nitrogens with zero attached hydrogens (tertiary/aromatic N) is 3. The molecule has 46 heavy (non-hydrogen) atoms. The molecule has 0 unspecified atom stereocenters. The highest BCUT2D eigenvalue weighted by Crippen LogP contribution is 2.29. The Bertz CT molecular complexity index is 1570. The summed E-state index contributed by atoms with van der Waals surface area (Å²) in [7, 11) is 1.26. The van der Waals surface area contributed by atoms with E-state index in [1.54, 1.807) is 30.5 Å². The molecule has 2 amide bonds. The van der Waals surface area contributed by atoms with Gasteiger partial charge in [0.15, 0.2) is 0 Å². The number of morpholine rings is 1. The van der Waals surface area contributed by atoms with Gasteiger partial charge in [-0.15, -0.1) is 0 Å². The summed E-state index contributed by atoms with van der Waals surface area (Å²) in [6, 6.07) is 27.1. The number of alkyl carbamates (subject to hydrolysis) is 1. The van der Waals surface area contributed by atoms with Crippen LogP contribution < -0.4 is 20.7 Å². The van der Waals surface area contributed by atoms with E-state index in [-0.39, 0.29) is 12.2 Å². The van der Waals surface area contributed by atoms with Gasteiger partial charge in [0.05, 0.1) is 42.4 Å². The largest absolute Gasteiger partial charge is 0.491 e. The summed E-state index contributed by atoms with van der Waals surface area (Å²) in [5, 5.41) is 18.1. The van der Waals surface area contributed by atoms with Crippen molar-refractivity contribution < 1.29 is 23.8 Å². The first-order chi connectivity index (χ1) is 22.5. The van der Waals surface area contributed by atoms with Crippen LogP contribution in [0.4, 0.5) is 10.5 Å². The Morgan fingerprint density at radius 3 is 2.33 bits per heavy atom. The molecule has 11 nitrogen and oxygen atoms in total. The third kappa shape index (κ3) is 8.65. The van der Waals surface area contributed by atoms with Gasteiger partial charge in [0, 0.05) is 19.0 Å².